The molecule has 1 amide bonds. The third-order valence-corrected chi connectivity index (χ3v) is 6.15. The van der Waals surface area contributed by atoms with Crippen LogP contribution in [0.4, 0.5) is 15.8 Å². The van der Waals surface area contributed by atoms with E-state index < -0.39 is 0 Å². The van der Waals surface area contributed by atoms with Gasteiger partial charge in [-0.1, -0.05) is 23.7 Å². The van der Waals surface area contributed by atoms with Gasteiger partial charge in [0, 0.05) is 18.1 Å². The molecule has 7 heteroatoms. The van der Waals surface area contributed by atoms with Crippen LogP contribution < -0.4 is 10.2 Å². The predicted octanol–water partition coefficient (Wildman–Crippen LogP) is 5.28. The Balaban J connectivity index is 1.55. The molecular formula is C21H19ClFN3OS. The fraction of sp³-hybridized carbons (Fsp3) is 0.238. The van der Waals surface area contributed by atoms with Crippen LogP contribution >= 0.6 is 23.4 Å². The molecule has 2 fully saturated rings. The number of amidine groups is 1. The minimum atomic E-state index is -0.261. The minimum absolute atomic E-state index is 0.243. The second-order valence-electron chi connectivity index (χ2n) is 6.77. The number of amides is 1. The standard InChI is InChI=1S/C21H19ClFN3OS/c1-13-15(22)5-4-6-17(13)24-21-25-20(27)19(28-21)12-14-7-8-18(16(23)11-14)26-9-2-3-10-26/h4-8,11-12H,2-3,9-10H2,1H3,(H,24,25,27)/b19-12+. The van der Waals surface area contributed by atoms with E-state index in [0.29, 0.717) is 32.0 Å². The average molecular weight is 416 g/mol. The normalized spacial score (nSPS) is 19.7. The molecule has 0 aliphatic carbocycles. The Labute approximate surface area is 172 Å². The molecule has 0 unspecified atom stereocenters. The Kier molecular flexibility index (Phi) is 5.42. The van der Waals surface area contributed by atoms with Gasteiger partial charge < -0.3 is 10.2 Å². The Morgan fingerprint density at radius 3 is 2.79 bits per heavy atom. The maximum atomic E-state index is 14.5. The second kappa shape index (κ2) is 7.97. The van der Waals surface area contributed by atoms with Crippen molar-refractivity contribution in [2.75, 3.05) is 18.0 Å². The molecule has 28 heavy (non-hydrogen) atoms. The minimum Gasteiger partial charge on any atom is -0.369 e. The summed E-state index contributed by atoms with van der Waals surface area (Å²) in [4.78, 5) is 19.3. The molecule has 4 rings (SSSR count). The van der Waals surface area contributed by atoms with E-state index in [-0.39, 0.29) is 11.7 Å². The Morgan fingerprint density at radius 1 is 1.25 bits per heavy atom. The number of hydrogen-bond donors (Lipinski definition) is 1. The number of thioether (sulfide) groups is 1. The van der Waals surface area contributed by atoms with Crippen LogP contribution in [0.3, 0.4) is 0 Å². The molecule has 2 aromatic carbocycles. The molecule has 1 N–H and O–H groups in total. The van der Waals surface area contributed by atoms with Gasteiger partial charge in [-0.05, 0) is 73.0 Å². The van der Waals surface area contributed by atoms with Crippen molar-refractivity contribution in [3.05, 3.63) is 63.3 Å². The van der Waals surface area contributed by atoms with Crippen LogP contribution in [-0.2, 0) is 4.79 Å². The fourth-order valence-electron chi connectivity index (χ4n) is 3.29. The van der Waals surface area contributed by atoms with Crippen molar-refractivity contribution in [1.29, 1.82) is 0 Å². The number of anilines is 1. The average Bonchev–Trinajstić information content (AvgIpc) is 3.30. The Hall–Kier alpha value is -2.31. The molecule has 4 nitrogen and oxygen atoms in total. The molecule has 2 aliphatic heterocycles. The zero-order valence-electron chi connectivity index (χ0n) is 15.3. The molecule has 0 aromatic heterocycles. The summed E-state index contributed by atoms with van der Waals surface area (Å²) in [5, 5.41) is 3.86. The van der Waals surface area contributed by atoms with E-state index in [0.717, 1.165) is 31.5 Å². The first kappa shape index (κ1) is 19.0. The van der Waals surface area contributed by atoms with E-state index in [1.165, 1.54) is 17.8 Å². The summed E-state index contributed by atoms with van der Waals surface area (Å²) in [6.45, 7) is 3.65. The molecule has 0 atom stereocenters. The first-order chi connectivity index (χ1) is 13.5. The summed E-state index contributed by atoms with van der Waals surface area (Å²) in [6.07, 6.45) is 3.87. The molecule has 0 radical (unpaired) electrons. The van der Waals surface area contributed by atoms with Crippen molar-refractivity contribution in [2.24, 2.45) is 4.99 Å². The fourth-order valence-corrected chi connectivity index (χ4v) is 4.29. The van der Waals surface area contributed by atoms with Crippen molar-refractivity contribution in [3.8, 4) is 0 Å². The van der Waals surface area contributed by atoms with Crippen LogP contribution in [0.2, 0.25) is 5.02 Å². The number of carbonyl (C=O) groups excluding carboxylic acids is 1. The number of aliphatic imine (C=N–C) groups is 1. The highest BCUT2D eigenvalue weighted by Crippen LogP contribution is 2.32. The summed E-state index contributed by atoms with van der Waals surface area (Å²) in [7, 11) is 0. The highest BCUT2D eigenvalue weighted by atomic mass is 35.5. The van der Waals surface area contributed by atoms with Gasteiger partial charge in [-0.15, -0.1) is 0 Å². The Morgan fingerprint density at radius 2 is 2.04 bits per heavy atom. The maximum absolute atomic E-state index is 14.5. The first-order valence-corrected chi connectivity index (χ1v) is 10.3. The van der Waals surface area contributed by atoms with Crippen LogP contribution in [0.15, 0.2) is 46.3 Å². The molecule has 0 saturated carbocycles. The van der Waals surface area contributed by atoms with Gasteiger partial charge in [0.2, 0.25) is 0 Å². The molecule has 144 valence electrons. The lowest BCUT2D eigenvalue weighted by molar-refractivity contribution is -0.115. The van der Waals surface area contributed by atoms with Crippen LogP contribution in [0, 0.1) is 12.7 Å². The number of nitrogens with zero attached hydrogens (tertiary/aromatic N) is 2. The highest BCUT2D eigenvalue weighted by molar-refractivity contribution is 8.18. The summed E-state index contributed by atoms with van der Waals surface area (Å²) in [5.74, 6) is -0.504. The first-order valence-electron chi connectivity index (χ1n) is 9.10. The molecule has 2 aliphatic rings. The van der Waals surface area contributed by atoms with Crippen molar-refractivity contribution in [3.63, 3.8) is 0 Å². The van der Waals surface area contributed by atoms with Gasteiger partial charge in [-0.3, -0.25) is 4.79 Å². The van der Waals surface area contributed by atoms with Gasteiger partial charge in [-0.2, -0.15) is 0 Å². The molecule has 2 saturated heterocycles. The molecule has 0 spiro atoms. The maximum Gasteiger partial charge on any atom is 0.264 e. The van der Waals surface area contributed by atoms with Crippen LogP contribution in [-0.4, -0.2) is 24.2 Å². The summed E-state index contributed by atoms with van der Waals surface area (Å²) < 4.78 is 14.5. The van der Waals surface area contributed by atoms with Crippen LogP contribution in [0.25, 0.3) is 6.08 Å². The number of benzene rings is 2. The lowest BCUT2D eigenvalue weighted by Crippen LogP contribution is -2.19. The highest BCUT2D eigenvalue weighted by Gasteiger charge is 2.24. The number of hydrogen-bond acceptors (Lipinski definition) is 4. The van der Waals surface area contributed by atoms with E-state index >= 15 is 0 Å². The van der Waals surface area contributed by atoms with Crippen molar-refractivity contribution in [2.45, 2.75) is 19.8 Å². The second-order valence-corrected chi connectivity index (χ2v) is 8.21. The van der Waals surface area contributed by atoms with Gasteiger partial charge >= 0.3 is 0 Å². The summed E-state index contributed by atoms with van der Waals surface area (Å²) in [5.41, 5.74) is 2.83. The number of nitrogens with one attached hydrogen (secondary N) is 1. The molecule has 2 aromatic rings. The van der Waals surface area contributed by atoms with Gasteiger partial charge in [0.05, 0.1) is 16.3 Å². The number of halogens is 2. The molecular weight excluding hydrogens is 397 g/mol. The third kappa shape index (κ3) is 3.93. The summed E-state index contributed by atoms with van der Waals surface area (Å²) in [6, 6.07) is 10.6. The third-order valence-electron chi connectivity index (χ3n) is 4.83. The summed E-state index contributed by atoms with van der Waals surface area (Å²) >= 11 is 7.36. The van der Waals surface area contributed by atoms with Crippen molar-refractivity contribution >= 4 is 51.9 Å². The van der Waals surface area contributed by atoms with E-state index in [1.807, 2.05) is 25.1 Å². The van der Waals surface area contributed by atoms with E-state index in [4.69, 9.17) is 11.6 Å². The number of carbonyl (C=O) groups is 1. The topological polar surface area (TPSA) is 44.7 Å². The number of rotatable bonds is 3. The lowest BCUT2D eigenvalue weighted by atomic mass is 10.1. The van der Waals surface area contributed by atoms with E-state index in [2.05, 4.69) is 15.2 Å². The van der Waals surface area contributed by atoms with E-state index in [1.54, 1.807) is 18.2 Å². The zero-order chi connectivity index (χ0) is 19.7. The van der Waals surface area contributed by atoms with Crippen molar-refractivity contribution in [1.82, 2.24) is 5.32 Å². The van der Waals surface area contributed by atoms with Crippen LogP contribution in [0.1, 0.15) is 24.0 Å². The SMILES string of the molecule is Cc1c(Cl)cccc1N=C1NC(=O)/C(=C\c2ccc(N3CCCC3)c(F)c2)S1. The van der Waals surface area contributed by atoms with Gasteiger partial charge in [-0.25, -0.2) is 9.38 Å². The quantitative estimate of drug-likeness (QED) is 0.693. The van der Waals surface area contributed by atoms with Gasteiger partial charge in [0.1, 0.15) is 5.82 Å². The smallest absolute Gasteiger partial charge is 0.264 e. The monoisotopic (exact) mass is 415 g/mol. The van der Waals surface area contributed by atoms with Crippen LogP contribution in [0.5, 0.6) is 0 Å². The lowest BCUT2D eigenvalue weighted by Gasteiger charge is -2.18. The molecule has 0 bridgehead atoms. The van der Waals surface area contributed by atoms with Gasteiger partial charge in [0.15, 0.2) is 5.17 Å². The molecule has 2 heterocycles. The van der Waals surface area contributed by atoms with E-state index in [9.17, 15) is 9.18 Å². The van der Waals surface area contributed by atoms with Crippen molar-refractivity contribution < 1.29 is 9.18 Å². The Bertz CT molecular complexity index is 999. The zero-order valence-corrected chi connectivity index (χ0v) is 16.9. The van der Waals surface area contributed by atoms with Gasteiger partial charge in [0.25, 0.3) is 5.91 Å². The largest absolute Gasteiger partial charge is 0.369 e. The predicted molar refractivity (Wildman–Crippen MR) is 115 cm³/mol.